The van der Waals surface area contributed by atoms with Crippen LogP contribution < -0.4 is 0 Å². The third-order valence-electron chi connectivity index (χ3n) is 4.06. The van der Waals surface area contributed by atoms with Crippen LogP contribution in [0.4, 0.5) is 0 Å². The predicted molar refractivity (Wildman–Crippen MR) is 75.2 cm³/mol. The van der Waals surface area contributed by atoms with Gasteiger partial charge in [-0.05, 0) is 25.8 Å². The number of amides is 1. The maximum Gasteiger partial charge on any atom is 0.247 e. The summed E-state index contributed by atoms with van der Waals surface area (Å²) in [5, 5.41) is 3.86. The highest BCUT2D eigenvalue weighted by Gasteiger charge is 2.42. The van der Waals surface area contributed by atoms with E-state index in [1.54, 1.807) is 12.4 Å². The van der Waals surface area contributed by atoms with Crippen molar-refractivity contribution in [2.45, 2.75) is 39.7 Å². The Labute approximate surface area is 119 Å². The summed E-state index contributed by atoms with van der Waals surface area (Å²) in [6.45, 7) is 6.83. The van der Waals surface area contributed by atoms with Gasteiger partial charge in [-0.3, -0.25) is 19.8 Å². The number of hydrogen-bond donors (Lipinski definition) is 0. The average Bonchev–Trinajstić information content (AvgIpc) is 2.77. The molecule has 3 heterocycles. The topological polar surface area (TPSA) is 49.3 Å². The van der Waals surface area contributed by atoms with E-state index in [9.17, 15) is 4.79 Å². The molecule has 20 heavy (non-hydrogen) atoms. The first kappa shape index (κ1) is 13.1. The molecule has 5 nitrogen and oxygen atoms in total. The molecule has 0 bridgehead atoms. The SMILES string of the molecule is Cc1cnc(C2C=CN3CCCC(C)(C)C(=O)N23)cn1. The highest BCUT2D eigenvalue weighted by molar-refractivity contribution is 5.82. The summed E-state index contributed by atoms with van der Waals surface area (Å²) in [4.78, 5) is 21.5. The van der Waals surface area contributed by atoms with Crippen LogP contribution in [0.5, 0.6) is 0 Å². The number of rotatable bonds is 1. The monoisotopic (exact) mass is 272 g/mol. The van der Waals surface area contributed by atoms with Crippen LogP contribution >= 0.6 is 0 Å². The molecule has 1 aromatic rings. The molecular formula is C15H20N4O. The van der Waals surface area contributed by atoms with Gasteiger partial charge in [-0.25, -0.2) is 5.01 Å². The molecule has 106 valence electrons. The number of fused-ring (bicyclic) bond motifs is 1. The minimum absolute atomic E-state index is 0.132. The van der Waals surface area contributed by atoms with Crippen LogP contribution in [0, 0.1) is 12.3 Å². The first-order valence-electron chi connectivity index (χ1n) is 7.06. The Kier molecular flexibility index (Phi) is 3.00. The van der Waals surface area contributed by atoms with Gasteiger partial charge in [0.15, 0.2) is 0 Å². The smallest absolute Gasteiger partial charge is 0.247 e. The van der Waals surface area contributed by atoms with Crippen molar-refractivity contribution in [3.8, 4) is 0 Å². The standard InChI is InChI=1S/C15H20N4O/c1-11-9-17-12(10-16-11)13-5-8-18-7-4-6-15(2,3)14(20)19(13)18/h5,8-10,13H,4,6-7H2,1-3H3. The minimum atomic E-state index is -0.322. The van der Waals surface area contributed by atoms with E-state index in [0.29, 0.717) is 0 Å². The van der Waals surface area contributed by atoms with Crippen molar-refractivity contribution in [2.24, 2.45) is 5.41 Å². The van der Waals surface area contributed by atoms with Crippen LogP contribution in [0.15, 0.2) is 24.7 Å². The Hall–Kier alpha value is -1.91. The molecule has 0 spiro atoms. The maximum atomic E-state index is 12.8. The third kappa shape index (κ3) is 2.07. The molecule has 3 rings (SSSR count). The number of carbonyl (C=O) groups excluding carboxylic acids is 1. The summed E-state index contributed by atoms with van der Waals surface area (Å²) in [7, 11) is 0. The van der Waals surface area contributed by atoms with Gasteiger partial charge in [0.1, 0.15) is 6.04 Å². The Bertz CT molecular complexity index is 549. The Morgan fingerprint density at radius 2 is 2.10 bits per heavy atom. The van der Waals surface area contributed by atoms with Crippen LogP contribution in [0.3, 0.4) is 0 Å². The molecule has 0 N–H and O–H groups in total. The van der Waals surface area contributed by atoms with Gasteiger partial charge >= 0.3 is 0 Å². The van der Waals surface area contributed by atoms with Crippen molar-refractivity contribution in [2.75, 3.05) is 6.54 Å². The summed E-state index contributed by atoms with van der Waals surface area (Å²) in [6.07, 6.45) is 9.47. The fraction of sp³-hybridized carbons (Fsp3) is 0.533. The van der Waals surface area contributed by atoms with E-state index < -0.39 is 0 Å². The Morgan fingerprint density at radius 3 is 2.80 bits per heavy atom. The van der Waals surface area contributed by atoms with Crippen LogP contribution in [0.2, 0.25) is 0 Å². The zero-order chi connectivity index (χ0) is 14.3. The van der Waals surface area contributed by atoms with Crippen LogP contribution in [0.1, 0.15) is 44.1 Å². The lowest BCUT2D eigenvalue weighted by Gasteiger charge is -2.35. The summed E-state index contributed by atoms with van der Waals surface area (Å²) >= 11 is 0. The predicted octanol–water partition coefficient (Wildman–Crippen LogP) is 2.22. The van der Waals surface area contributed by atoms with E-state index >= 15 is 0 Å². The van der Waals surface area contributed by atoms with Gasteiger partial charge in [-0.2, -0.15) is 0 Å². The Balaban J connectivity index is 1.95. The Morgan fingerprint density at radius 1 is 1.30 bits per heavy atom. The molecule has 1 fully saturated rings. The molecule has 1 saturated heterocycles. The number of hydrogen-bond acceptors (Lipinski definition) is 4. The molecular weight excluding hydrogens is 252 g/mol. The quantitative estimate of drug-likeness (QED) is 0.786. The zero-order valence-electron chi connectivity index (χ0n) is 12.2. The molecule has 2 aliphatic rings. The third-order valence-corrected chi connectivity index (χ3v) is 4.06. The maximum absolute atomic E-state index is 12.8. The first-order valence-corrected chi connectivity index (χ1v) is 7.06. The lowest BCUT2D eigenvalue weighted by molar-refractivity contribution is -0.153. The van der Waals surface area contributed by atoms with Gasteiger partial charge in [0, 0.05) is 24.4 Å². The lowest BCUT2D eigenvalue weighted by Crippen LogP contribution is -2.45. The minimum Gasteiger partial charge on any atom is -0.290 e. The number of aryl methyl sites for hydroxylation is 1. The van der Waals surface area contributed by atoms with E-state index in [2.05, 4.69) is 9.97 Å². The molecule has 0 aromatic carbocycles. The molecule has 1 amide bonds. The van der Waals surface area contributed by atoms with E-state index in [-0.39, 0.29) is 17.4 Å². The fourth-order valence-electron chi connectivity index (χ4n) is 2.80. The van der Waals surface area contributed by atoms with E-state index in [0.717, 1.165) is 30.8 Å². The van der Waals surface area contributed by atoms with E-state index in [1.807, 2.05) is 43.1 Å². The first-order chi connectivity index (χ1) is 9.49. The normalized spacial score (nSPS) is 24.8. The van der Waals surface area contributed by atoms with Crippen molar-refractivity contribution in [3.05, 3.63) is 36.1 Å². The van der Waals surface area contributed by atoms with Gasteiger partial charge in [-0.1, -0.05) is 13.8 Å². The summed E-state index contributed by atoms with van der Waals surface area (Å²) in [5.41, 5.74) is 1.38. The van der Waals surface area contributed by atoms with Gasteiger partial charge in [-0.15, -0.1) is 0 Å². The molecule has 5 heteroatoms. The van der Waals surface area contributed by atoms with Crippen molar-refractivity contribution in [3.63, 3.8) is 0 Å². The van der Waals surface area contributed by atoms with Gasteiger partial charge in [0.25, 0.3) is 0 Å². The second kappa shape index (κ2) is 4.58. The van der Waals surface area contributed by atoms with Gasteiger partial charge in [0.05, 0.1) is 17.6 Å². The van der Waals surface area contributed by atoms with Gasteiger partial charge < -0.3 is 0 Å². The highest BCUT2D eigenvalue weighted by Crippen LogP contribution is 2.37. The average molecular weight is 272 g/mol. The number of hydrazine groups is 1. The van der Waals surface area contributed by atoms with Crippen LogP contribution in [-0.2, 0) is 4.79 Å². The summed E-state index contributed by atoms with van der Waals surface area (Å²) in [5.74, 6) is 0.160. The molecule has 0 radical (unpaired) electrons. The summed E-state index contributed by atoms with van der Waals surface area (Å²) < 4.78 is 0. The zero-order valence-corrected chi connectivity index (χ0v) is 12.2. The number of carbonyl (C=O) groups is 1. The van der Waals surface area contributed by atoms with Crippen molar-refractivity contribution < 1.29 is 4.79 Å². The summed E-state index contributed by atoms with van der Waals surface area (Å²) in [6, 6.07) is -0.132. The largest absolute Gasteiger partial charge is 0.290 e. The molecule has 0 aliphatic carbocycles. The van der Waals surface area contributed by atoms with Crippen molar-refractivity contribution >= 4 is 5.91 Å². The lowest BCUT2D eigenvalue weighted by atomic mass is 9.86. The van der Waals surface area contributed by atoms with Crippen LogP contribution in [-0.4, -0.2) is 32.4 Å². The molecule has 1 unspecified atom stereocenters. The molecule has 2 aliphatic heterocycles. The number of nitrogens with zero attached hydrogens (tertiary/aromatic N) is 4. The second-order valence-corrected chi connectivity index (χ2v) is 6.17. The van der Waals surface area contributed by atoms with Crippen LogP contribution in [0.25, 0.3) is 0 Å². The van der Waals surface area contributed by atoms with E-state index in [4.69, 9.17) is 0 Å². The van der Waals surface area contributed by atoms with Gasteiger partial charge in [0.2, 0.25) is 5.91 Å². The van der Waals surface area contributed by atoms with Crippen molar-refractivity contribution in [1.29, 1.82) is 0 Å². The van der Waals surface area contributed by atoms with E-state index in [1.165, 1.54) is 0 Å². The molecule has 1 atom stereocenters. The van der Waals surface area contributed by atoms with Crippen molar-refractivity contribution in [1.82, 2.24) is 20.0 Å². The second-order valence-electron chi connectivity index (χ2n) is 6.17. The fourth-order valence-corrected chi connectivity index (χ4v) is 2.80. The highest BCUT2D eigenvalue weighted by atomic mass is 16.2. The molecule has 1 aromatic heterocycles. The molecule has 0 saturated carbocycles. The number of aromatic nitrogens is 2.